The molecule has 0 aromatic rings. The Balaban J connectivity index is 4.00. The highest BCUT2D eigenvalue weighted by Gasteiger charge is 2.08. The molecule has 0 aliphatic rings. The average Bonchev–Trinajstić information content (AvgIpc) is 2.17. The molecule has 0 fully saturated rings. The largest absolute Gasteiger partial charge is 0.360 e. The molecule has 0 heterocycles. The third kappa shape index (κ3) is 5.43. The lowest BCUT2D eigenvalue weighted by Gasteiger charge is -2.27. The predicted molar refractivity (Wildman–Crippen MR) is 67.6 cm³/mol. The maximum absolute atomic E-state index is 5.36. The van der Waals surface area contributed by atoms with Crippen molar-refractivity contribution in [1.29, 1.82) is 0 Å². The van der Waals surface area contributed by atoms with Crippen LogP contribution in [0.2, 0.25) is 0 Å². The van der Waals surface area contributed by atoms with E-state index < -0.39 is 0 Å². The van der Waals surface area contributed by atoms with E-state index in [0.29, 0.717) is 6.04 Å². The summed E-state index contributed by atoms with van der Waals surface area (Å²) in [5.41, 5.74) is 0. The van der Waals surface area contributed by atoms with Gasteiger partial charge in [0.2, 0.25) is 0 Å². The highest BCUT2D eigenvalue weighted by molar-refractivity contribution is 7.80. The predicted octanol–water partition coefficient (Wildman–Crippen LogP) is 2.78. The summed E-state index contributed by atoms with van der Waals surface area (Å²) in [6, 6.07) is 0.485. The zero-order chi connectivity index (χ0) is 11.0. The van der Waals surface area contributed by atoms with Crippen molar-refractivity contribution in [2.45, 2.75) is 53.0 Å². The molecule has 0 rings (SSSR count). The van der Waals surface area contributed by atoms with Crippen LogP contribution in [0.4, 0.5) is 0 Å². The van der Waals surface area contributed by atoms with Gasteiger partial charge in [0, 0.05) is 19.1 Å². The van der Waals surface area contributed by atoms with Gasteiger partial charge in [-0.1, -0.05) is 20.8 Å². The van der Waals surface area contributed by atoms with Gasteiger partial charge in [-0.05, 0) is 38.4 Å². The summed E-state index contributed by atoms with van der Waals surface area (Å²) in [5, 5.41) is 4.28. The standard InChI is InChI=1S/C11H24N2S/c1-5-8-13(9-6-2)11(14)12-10(4)7-3/h10H,5-9H2,1-4H3,(H,12,14). The van der Waals surface area contributed by atoms with E-state index in [4.69, 9.17) is 12.2 Å². The first-order valence-electron chi connectivity index (χ1n) is 5.71. The van der Waals surface area contributed by atoms with Gasteiger partial charge in [-0.25, -0.2) is 0 Å². The van der Waals surface area contributed by atoms with Gasteiger partial charge in [0.05, 0.1) is 0 Å². The minimum atomic E-state index is 0.485. The van der Waals surface area contributed by atoms with Crippen LogP contribution >= 0.6 is 12.2 Å². The van der Waals surface area contributed by atoms with E-state index in [1.807, 2.05) is 0 Å². The van der Waals surface area contributed by atoms with Gasteiger partial charge in [-0.15, -0.1) is 0 Å². The first-order chi connectivity index (χ1) is 6.65. The number of rotatable bonds is 6. The number of nitrogens with zero attached hydrogens (tertiary/aromatic N) is 1. The highest BCUT2D eigenvalue weighted by atomic mass is 32.1. The Labute approximate surface area is 94.1 Å². The Kier molecular flexibility index (Phi) is 7.86. The Hall–Kier alpha value is -0.310. The van der Waals surface area contributed by atoms with Crippen molar-refractivity contribution in [1.82, 2.24) is 10.2 Å². The SMILES string of the molecule is CCCN(CCC)C(=S)NC(C)CC. The van der Waals surface area contributed by atoms with Crippen molar-refractivity contribution in [3.8, 4) is 0 Å². The average molecular weight is 216 g/mol. The van der Waals surface area contributed by atoms with Crippen LogP contribution in [0.25, 0.3) is 0 Å². The molecule has 14 heavy (non-hydrogen) atoms. The van der Waals surface area contributed by atoms with Crippen molar-refractivity contribution >= 4 is 17.3 Å². The van der Waals surface area contributed by atoms with Gasteiger partial charge in [0.25, 0.3) is 0 Å². The Morgan fingerprint density at radius 1 is 1.21 bits per heavy atom. The second-order valence-corrected chi connectivity index (χ2v) is 4.13. The van der Waals surface area contributed by atoms with Gasteiger partial charge in [-0.3, -0.25) is 0 Å². The van der Waals surface area contributed by atoms with E-state index in [9.17, 15) is 0 Å². The molecule has 1 unspecified atom stereocenters. The zero-order valence-corrected chi connectivity index (χ0v) is 10.8. The highest BCUT2D eigenvalue weighted by Crippen LogP contribution is 1.98. The van der Waals surface area contributed by atoms with E-state index in [1.54, 1.807) is 0 Å². The molecule has 0 spiro atoms. The molecular formula is C11H24N2S. The summed E-state index contributed by atoms with van der Waals surface area (Å²) in [7, 11) is 0. The lowest BCUT2D eigenvalue weighted by Crippen LogP contribution is -2.44. The van der Waals surface area contributed by atoms with Crippen LogP contribution in [0.1, 0.15) is 47.0 Å². The molecule has 0 bridgehead atoms. The van der Waals surface area contributed by atoms with Crippen LogP contribution in [0.3, 0.4) is 0 Å². The van der Waals surface area contributed by atoms with Crippen molar-refractivity contribution in [2.24, 2.45) is 0 Å². The molecule has 1 atom stereocenters. The number of thiocarbonyl (C=S) groups is 1. The normalized spacial score (nSPS) is 12.3. The van der Waals surface area contributed by atoms with Crippen molar-refractivity contribution in [2.75, 3.05) is 13.1 Å². The van der Waals surface area contributed by atoms with E-state index in [-0.39, 0.29) is 0 Å². The quantitative estimate of drug-likeness (QED) is 0.687. The van der Waals surface area contributed by atoms with E-state index in [2.05, 4.69) is 37.9 Å². The van der Waals surface area contributed by atoms with Crippen LogP contribution < -0.4 is 5.32 Å². The third-order valence-corrected chi connectivity index (χ3v) is 2.63. The monoisotopic (exact) mass is 216 g/mol. The minimum Gasteiger partial charge on any atom is -0.360 e. The van der Waals surface area contributed by atoms with Crippen molar-refractivity contribution in [3.05, 3.63) is 0 Å². The molecule has 3 heteroatoms. The number of hydrogen-bond acceptors (Lipinski definition) is 1. The molecule has 84 valence electrons. The second-order valence-electron chi connectivity index (χ2n) is 3.75. The van der Waals surface area contributed by atoms with Gasteiger partial charge in [0.15, 0.2) is 5.11 Å². The first kappa shape index (κ1) is 13.7. The molecule has 0 aliphatic heterocycles. The van der Waals surface area contributed by atoms with E-state index in [0.717, 1.165) is 37.5 Å². The van der Waals surface area contributed by atoms with Gasteiger partial charge in [-0.2, -0.15) is 0 Å². The van der Waals surface area contributed by atoms with Crippen molar-refractivity contribution < 1.29 is 0 Å². The summed E-state index contributed by atoms with van der Waals surface area (Å²) in [5.74, 6) is 0. The van der Waals surface area contributed by atoms with Gasteiger partial charge >= 0.3 is 0 Å². The molecule has 0 radical (unpaired) electrons. The Morgan fingerprint density at radius 2 is 1.71 bits per heavy atom. The van der Waals surface area contributed by atoms with Gasteiger partial charge < -0.3 is 10.2 Å². The van der Waals surface area contributed by atoms with Gasteiger partial charge in [0.1, 0.15) is 0 Å². The zero-order valence-electron chi connectivity index (χ0n) is 9.97. The molecule has 0 saturated heterocycles. The summed E-state index contributed by atoms with van der Waals surface area (Å²) in [6.07, 6.45) is 3.43. The Bertz CT molecular complexity index is 153. The fraction of sp³-hybridized carbons (Fsp3) is 0.909. The summed E-state index contributed by atoms with van der Waals surface area (Å²) in [4.78, 5) is 2.27. The Morgan fingerprint density at radius 3 is 2.07 bits per heavy atom. The third-order valence-electron chi connectivity index (χ3n) is 2.26. The molecule has 2 nitrogen and oxygen atoms in total. The molecule has 0 saturated carbocycles. The van der Waals surface area contributed by atoms with Crippen LogP contribution in [0, 0.1) is 0 Å². The topological polar surface area (TPSA) is 15.3 Å². The maximum Gasteiger partial charge on any atom is 0.169 e. The molecule has 0 amide bonds. The molecular weight excluding hydrogens is 192 g/mol. The fourth-order valence-electron chi connectivity index (χ4n) is 1.26. The van der Waals surface area contributed by atoms with E-state index >= 15 is 0 Å². The summed E-state index contributed by atoms with van der Waals surface area (Å²) < 4.78 is 0. The van der Waals surface area contributed by atoms with Crippen LogP contribution in [-0.4, -0.2) is 29.1 Å². The van der Waals surface area contributed by atoms with Crippen LogP contribution in [0.5, 0.6) is 0 Å². The maximum atomic E-state index is 5.36. The lowest BCUT2D eigenvalue weighted by molar-refractivity contribution is 0.402. The number of nitrogens with one attached hydrogen (secondary N) is 1. The molecule has 0 aromatic heterocycles. The van der Waals surface area contributed by atoms with E-state index in [1.165, 1.54) is 0 Å². The molecule has 1 N–H and O–H groups in total. The lowest BCUT2D eigenvalue weighted by atomic mass is 10.3. The minimum absolute atomic E-state index is 0.485. The fourth-order valence-corrected chi connectivity index (χ4v) is 1.64. The molecule has 0 aliphatic carbocycles. The smallest absolute Gasteiger partial charge is 0.169 e. The van der Waals surface area contributed by atoms with Crippen molar-refractivity contribution in [3.63, 3.8) is 0 Å². The number of hydrogen-bond donors (Lipinski definition) is 1. The molecule has 0 aromatic carbocycles. The summed E-state index contributed by atoms with van der Waals surface area (Å²) >= 11 is 5.36. The second kappa shape index (κ2) is 8.04. The van der Waals surface area contributed by atoms with Crippen LogP contribution in [0.15, 0.2) is 0 Å². The first-order valence-corrected chi connectivity index (χ1v) is 6.11. The van der Waals surface area contributed by atoms with Crippen LogP contribution in [-0.2, 0) is 0 Å². The summed E-state index contributed by atoms with van der Waals surface area (Å²) in [6.45, 7) is 10.8.